The van der Waals surface area contributed by atoms with E-state index in [0.29, 0.717) is 12.2 Å². The summed E-state index contributed by atoms with van der Waals surface area (Å²) in [4.78, 5) is 17.1. The van der Waals surface area contributed by atoms with Crippen molar-refractivity contribution < 1.29 is 9.90 Å². The van der Waals surface area contributed by atoms with Crippen molar-refractivity contribution in [2.45, 2.75) is 52.1 Å². The van der Waals surface area contributed by atoms with E-state index in [9.17, 15) is 9.90 Å². The fraction of sp³-hybridized carbons (Fsp3) is 0.435. The van der Waals surface area contributed by atoms with E-state index in [-0.39, 0.29) is 11.9 Å². The molecule has 0 unspecified atom stereocenters. The number of nitrogens with zero attached hydrogens (tertiary/aromatic N) is 2. The summed E-state index contributed by atoms with van der Waals surface area (Å²) in [5.41, 5.74) is 3.44. The van der Waals surface area contributed by atoms with Crippen molar-refractivity contribution in [3.05, 3.63) is 59.7 Å². The molecule has 1 saturated heterocycles. The molecule has 144 valence electrons. The summed E-state index contributed by atoms with van der Waals surface area (Å²) >= 11 is 0. The summed E-state index contributed by atoms with van der Waals surface area (Å²) in [6, 6.07) is 16.2. The number of piperidine rings is 1. The summed E-state index contributed by atoms with van der Waals surface area (Å²) in [5.74, 6) is 0.517. The van der Waals surface area contributed by atoms with Gasteiger partial charge in [0.1, 0.15) is 5.75 Å². The fourth-order valence-electron chi connectivity index (χ4n) is 3.87. The number of phenolic OH excluding ortho intramolecular Hbond substituents is 1. The lowest BCUT2D eigenvalue weighted by atomic mass is 10.0. The zero-order valence-electron chi connectivity index (χ0n) is 16.4. The van der Waals surface area contributed by atoms with Crippen LogP contribution in [-0.4, -0.2) is 35.0 Å². The zero-order chi connectivity index (χ0) is 19.2. The quantitative estimate of drug-likeness (QED) is 0.826. The molecule has 4 heteroatoms. The number of anilines is 1. The lowest BCUT2D eigenvalue weighted by molar-refractivity contribution is -0.119. The van der Waals surface area contributed by atoms with Gasteiger partial charge in [-0.15, -0.1) is 0 Å². The first-order valence-electron chi connectivity index (χ1n) is 10.0. The first kappa shape index (κ1) is 19.4. The standard InChI is InChI=1S/C23H30N2O2/c1-3-18-8-10-20(11-9-18)25(23(27)4-2)21-12-14-24(15-13-21)17-19-6-5-7-22(26)16-19/h5-11,16,21,26H,3-4,12-15,17H2,1-2H3. The van der Waals surface area contributed by atoms with Crippen LogP contribution in [0.1, 0.15) is 44.2 Å². The molecule has 1 amide bonds. The van der Waals surface area contributed by atoms with Gasteiger partial charge in [0, 0.05) is 37.8 Å². The van der Waals surface area contributed by atoms with Crippen LogP contribution in [0.2, 0.25) is 0 Å². The highest BCUT2D eigenvalue weighted by atomic mass is 16.3. The van der Waals surface area contributed by atoms with Crippen LogP contribution in [0.4, 0.5) is 5.69 Å². The van der Waals surface area contributed by atoms with Crippen molar-refractivity contribution in [1.82, 2.24) is 4.90 Å². The second-order valence-corrected chi connectivity index (χ2v) is 7.31. The van der Waals surface area contributed by atoms with Gasteiger partial charge in [-0.05, 0) is 54.7 Å². The molecule has 0 spiro atoms. The molecule has 0 radical (unpaired) electrons. The minimum absolute atomic E-state index is 0.200. The third-order valence-electron chi connectivity index (χ3n) is 5.43. The zero-order valence-corrected chi connectivity index (χ0v) is 16.4. The predicted molar refractivity (Wildman–Crippen MR) is 110 cm³/mol. The van der Waals surface area contributed by atoms with Gasteiger partial charge in [0.05, 0.1) is 0 Å². The van der Waals surface area contributed by atoms with Crippen LogP contribution in [0.25, 0.3) is 0 Å². The van der Waals surface area contributed by atoms with E-state index >= 15 is 0 Å². The monoisotopic (exact) mass is 366 g/mol. The second kappa shape index (κ2) is 9.05. The summed E-state index contributed by atoms with van der Waals surface area (Å²) < 4.78 is 0. The molecule has 1 aliphatic rings. The molecule has 1 fully saturated rings. The van der Waals surface area contributed by atoms with Gasteiger partial charge in [-0.1, -0.05) is 38.1 Å². The molecule has 1 aliphatic heterocycles. The molecule has 3 rings (SSSR count). The van der Waals surface area contributed by atoms with Crippen LogP contribution >= 0.6 is 0 Å². The third-order valence-corrected chi connectivity index (χ3v) is 5.43. The van der Waals surface area contributed by atoms with Crippen molar-refractivity contribution in [1.29, 1.82) is 0 Å². The molecule has 1 heterocycles. The molecule has 0 aliphatic carbocycles. The van der Waals surface area contributed by atoms with Gasteiger partial charge in [0.25, 0.3) is 0 Å². The minimum atomic E-state index is 0.200. The Kier molecular flexibility index (Phi) is 6.51. The molecule has 0 bridgehead atoms. The number of phenols is 1. The Bertz CT molecular complexity index is 749. The highest BCUT2D eigenvalue weighted by Crippen LogP contribution is 2.26. The topological polar surface area (TPSA) is 43.8 Å². The average molecular weight is 367 g/mol. The highest BCUT2D eigenvalue weighted by molar-refractivity contribution is 5.93. The van der Waals surface area contributed by atoms with Crippen molar-refractivity contribution >= 4 is 11.6 Å². The van der Waals surface area contributed by atoms with Crippen LogP contribution in [0.5, 0.6) is 5.75 Å². The number of aryl methyl sites for hydroxylation is 1. The number of amides is 1. The molecule has 0 atom stereocenters. The van der Waals surface area contributed by atoms with E-state index < -0.39 is 0 Å². The van der Waals surface area contributed by atoms with Crippen LogP contribution in [0.3, 0.4) is 0 Å². The Morgan fingerprint density at radius 3 is 2.37 bits per heavy atom. The molecule has 4 nitrogen and oxygen atoms in total. The Morgan fingerprint density at radius 2 is 1.78 bits per heavy atom. The van der Waals surface area contributed by atoms with E-state index in [1.54, 1.807) is 6.07 Å². The summed E-state index contributed by atoms with van der Waals surface area (Å²) in [6.45, 7) is 6.84. The Hall–Kier alpha value is -2.33. The number of aromatic hydroxyl groups is 1. The maximum atomic E-state index is 12.7. The molecular formula is C23H30N2O2. The lowest BCUT2D eigenvalue weighted by Crippen LogP contribution is -2.47. The molecular weight excluding hydrogens is 336 g/mol. The third kappa shape index (κ3) is 4.89. The molecule has 1 N–H and O–H groups in total. The van der Waals surface area contributed by atoms with Crippen molar-refractivity contribution in [2.24, 2.45) is 0 Å². The number of likely N-dealkylation sites (tertiary alicyclic amines) is 1. The average Bonchev–Trinajstić information content (AvgIpc) is 2.70. The first-order valence-corrected chi connectivity index (χ1v) is 10.0. The minimum Gasteiger partial charge on any atom is -0.508 e. The summed E-state index contributed by atoms with van der Waals surface area (Å²) in [5, 5.41) is 9.65. The smallest absolute Gasteiger partial charge is 0.226 e. The van der Waals surface area contributed by atoms with E-state index in [0.717, 1.165) is 50.1 Å². The van der Waals surface area contributed by atoms with Gasteiger partial charge in [0.15, 0.2) is 0 Å². The van der Waals surface area contributed by atoms with Crippen LogP contribution < -0.4 is 4.90 Å². The van der Waals surface area contributed by atoms with Crippen molar-refractivity contribution in [3.8, 4) is 5.75 Å². The van der Waals surface area contributed by atoms with Gasteiger partial charge in [-0.3, -0.25) is 9.69 Å². The predicted octanol–water partition coefficient (Wildman–Crippen LogP) is 4.36. The SMILES string of the molecule is CCC(=O)N(c1ccc(CC)cc1)C1CCN(Cc2cccc(O)c2)CC1. The summed E-state index contributed by atoms with van der Waals surface area (Å²) in [6.07, 6.45) is 3.48. The normalized spacial score (nSPS) is 15.6. The lowest BCUT2D eigenvalue weighted by Gasteiger charge is -2.38. The fourth-order valence-corrected chi connectivity index (χ4v) is 3.87. The number of rotatable bonds is 6. The van der Waals surface area contributed by atoms with Crippen molar-refractivity contribution in [3.63, 3.8) is 0 Å². The molecule has 27 heavy (non-hydrogen) atoms. The highest BCUT2D eigenvalue weighted by Gasteiger charge is 2.28. The second-order valence-electron chi connectivity index (χ2n) is 7.31. The van der Waals surface area contributed by atoms with E-state index in [4.69, 9.17) is 0 Å². The Morgan fingerprint density at radius 1 is 1.07 bits per heavy atom. The maximum Gasteiger partial charge on any atom is 0.226 e. The Balaban J connectivity index is 1.66. The van der Waals surface area contributed by atoms with Crippen molar-refractivity contribution in [2.75, 3.05) is 18.0 Å². The summed E-state index contributed by atoms with van der Waals surface area (Å²) in [7, 11) is 0. The van der Waals surface area contributed by atoms with Gasteiger partial charge >= 0.3 is 0 Å². The molecule has 2 aromatic rings. The van der Waals surface area contributed by atoms with Gasteiger partial charge in [-0.2, -0.15) is 0 Å². The molecule has 0 saturated carbocycles. The number of carbonyl (C=O) groups is 1. The molecule has 2 aromatic carbocycles. The molecule has 0 aromatic heterocycles. The largest absolute Gasteiger partial charge is 0.508 e. The van der Waals surface area contributed by atoms with E-state index in [1.807, 2.05) is 30.0 Å². The number of benzene rings is 2. The van der Waals surface area contributed by atoms with Gasteiger partial charge < -0.3 is 10.0 Å². The number of hydrogen-bond donors (Lipinski definition) is 1. The number of carbonyl (C=O) groups excluding carboxylic acids is 1. The van der Waals surface area contributed by atoms with Crippen LogP contribution in [-0.2, 0) is 17.8 Å². The Labute approximate surface area is 162 Å². The first-order chi connectivity index (χ1) is 13.1. The maximum absolute atomic E-state index is 12.7. The van der Waals surface area contributed by atoms with Crippen LogP contribution in [0.15, 0.2) is 48.5 Å². The van der Waals surface area contributed by atoms with E-state index in [1.165, 1.54) is 5.56 Å². The number of hydrogen-bond acceptors (Lipinski definition) is 3. The van der Waals surface area contributed by atoms with Gasteiger partial charge in [0.2, 0.25) is 5.91 Å². The van der Waals surface area contributed by atoms with E-state index in [2.05, 4.69) is 36.1 Å². The van der Waals surface area contributed by atoms with Gasteiger partial charge in [-0.25, -0.2) is 0 Å². The van der Waals surface area contributed by atoms with Crippen LogP contribution in [0, 0.1) is 0 Å².